The summed E-state index contributed by atoms with van der Waals surface area (Å²) in [5.74, 6) is 0.959. The van der Waals surface area contributed by atoms with Gasteiger partial charge in [0.15, 0.2) is 0 Å². The molecule has 3 N–H and O–H groups in total. The van der Waals surface area contributed by atoms with Crippen LogP contribution in [0.1, 0.15) is 48.0 Å². The molecule has 1 amide bonds. The van der Waals surface area contributed by atoms with Crippen LogP contribution in [0.5, 0.6) is 0 Å². The maximum Gasteiger partial charge on any atom is 0.337 e. The Morgan fingerprint density at radius 2 is 1.92 bits per heavy atom. The molecule has 2 bridgehead atoms. The van der Waals surface area contributed by atoms with Crippen molar-refractivity contribution in [3.8, 4) is 0 Å². The number of ether oxygens (including phenoxy) is 1. The van der Waals surface area contributed by atoms with Crippen molar-refractivity contribution < 1.29 is 14.3 Å². The summed E-state index contributed by atoms with van der Waals surface area (Å²) in [7, 11) is 1.38. The Labute approximate surface area is 161 Å². The summed E-state index contributed by atoms with van der Waals surface area (Å²) in [5.41, 5.74) is 7.86. The summed E-state index contributed by atoms with van der Waals surface area (Å²) in [5, 5.41) is 3.07. The van der Waals surface area contributed by atoms with Crippen molar-refractivity contribution in [2.45, 2.75) is 44.6 Å². The number of amides is 1. The lowest BCUT2D eigenvalue weighted by atomic mass is 9.65. The number of carbonyl (C=O) groups is 2. The van der Waals surface area contributed by atoms with Crippen molar-refractivity contribution in [1.29, 1.82) is 0 Å². The van der Waals surface area contributed by atoms with Crippen LogP contribution in [-0.2, 0) is 16.0 Å². The lowest BCUT2D eigenvalue weighted by molar-refractivity contribution is -0.127. The molecule has 26 heavy (non-hydrogen) atoms. The molecule has 2 unspecified atom stereocenters. The third-order valence-corrected chi connectivity index (χ3v) is 5.84. The molecule has 0 aliphatic heterocycles. The Hall–Kier alpha value is -1.59. The minimum absolute atomic E-state index is 0. The first-order valence-electron chi connectivity index (χ1n) is 9.29. The molecule has 2 saturated carbocycles. The van der Waals surface area contributed by atoms with E-state index in [1.165, 1.54) is 26.4 Å². The Morgan fingerprint density at radius 3 is 2.58 bits per heavy atom. The number of benzene rings is 1. The second-order valence-corrected chi connectivity index (χ2v) is 7.43. The summed E-state index contributed by atoms with van der Waals surface area (Å²) < 4.78 is 4.74. The molecule has 0 saturated heterocycles. The van der Waals surface area contributed by atoms with Crippen LogP contribution in [-0.4, -0.2) is 31.6 Å². The van der Waals surface area contributed by atoms with Crippen LogP contribution < -0.4 is 11.1 Å². The Bertz CT molecular complexity index is 623. The van der Waals surface area contributed by atoms with Gasteiger partial charge in [0.05, 0.1) is 12.7 Å². The highest BCUT2D eigenvalue weighted by Crippen LogP contribution is 2.41. The van der Waals surface area contributed by atoms with E-state index in [9.17, 15) is 9.59 Å². The third kappa shape index (κ3) is 4.77. The number of rotatable bonds is 5. The van der Waals surface area contributed by atoms with E-state index in [1.807, 2.05) is 18.2 Å². The van der Waals surface area contributed by atoms with Crippen molar-refractivity contribution in [1.82, 2.24) is 5.32 Å². The number of fused-ring (bicyclic) bond motifs is 2. The molecule has 2 fully saturated rings. The molecule has 1 aromatic carbocycles. The summed E-state index contributed by atoms with van der Waals surface area (Å²) >= 11 is 0. The van der Waals surface area contributed by atoms with Crippen LogP contribution in [0.15, 0.2) is 24.3 Å². The molecule has 1 aromatic rings. The maximum atomic E-state index is 12.5. The van der Waals surface area contributed by atoms with Crippen molar-refractivity contribution in [2.24, 2.45) is 23.5 Å². The van der Waals surface area contributed by atoms with Crippen molar-refractivity contribution >= 4 is 24.3 Å². The zero-order chi connectivity index (χ0) is 17.8. The fourth-order valence-corrected chi connectivity index (χ4v) is 4.45. The number of carbonyl (C=O) groups excluding carboxylic acids is 2. The van der Waals surface area contributed by atoms with Gasteiger partial charge in [-0.15, -0.1) is 12.4 Å². The summed E-state index contributed by atoms with van der Waals surface area (Å²) in [6, 6.07) is 7.65. The lowest BCUT2D eigenvalue weighted by Crippen LogP contribution is -2.49. The van der Waals surface area contributed by atoms with Crippen LogP contribution in [0.25, 0.3) is 0 Å². The van der Waals surface area contributed by atoms with Crippen LogP contribution in [0, 0.1) is 17.8 Å². The maximum absolute atomic E-state index is 12.5. The molecule has 0 spiro atoms. The van der Waals surface area contributed by atoms with E-state index in [4.69, 9.17) is 10.5 Å². The minimum Gasteiger partial charge on any atom is -0.465 e. The Kier molecular flexibility index (Phi) is 7.47. The van der Waals surface area contributed by atoms with Crippen LogP contribution in [0.3, 0.4) is 0 Å². The SMILES string of the molecule is COC(=O)c1cccc(CCNC(=O)C2CC3CCCC(C2)C3N)c1.Cl. The molecule has 2 aliphatic carbocycles. The number of esters is 1. The Balaban J connectivity index is 0.00000243. The molecule has 6 heteroatoms. The van der Waals surface area contributed by atoms with Gasteiger partial charge in [-0.3, -0.25) is 4.79 Å². The van der Waals surface area contributed by atoms with Gasteiger partial charge in [0, 0.05) is 18.5 Å². The molecule has 144 valence electrons. The standard InChI is InChI=1S/C20H28N2O3.ClH/c1-25-20(24)16-7-2-4-13(10-16)8-9-22-19(23)17-11-14-5-3-6-15(12-17)18(14)21;/h2,4,7,10,14-15,17-18H,3,5-6,8-9,11-12,21H2,1H3,(H,22,23);1H. The molecule has 0 aromatic heterocycles. The average Bonchev–Trinajstić information content (AvgIpc) is 2.61. The largest absolute Gasteiger partial charge is 0.465 e. The van der Waals surface area contributed by atoms with Gasteiger partial charge in [-0.1, -0.05) is 18.6 Å². The number of methoxy groups -OCH3 is 1. The fraction of sp³-hybridized carbons (Fsp3) is 0.600. The van der Waals surface area contributed by atoms with Crippen molar-refractivity contribution in [2.75, 3.05) is 13.7 Å². The van der Waals surface area contributed by atoms with Gasteiger partial charge in [-0.2, -0.15) is 0 Å². The molecular formula is C20H29ClN2O3. The third-order valence-electron chi connectivity index (χ3n) is 5.84. The second kappa shape index (κ2) is 9.38. The van der Waals surface area contributed by atoms with E-state index in [1.54, 1.807) is 6.07 Å². The van der Waals surface area contributed by atoms with Crippen LogP contribution in [0.2, 0.25) is 0 Å². The van der Waals surface area contributed by atoms with Crippen molar-refractivity contribution in [3.63, 3.8) is 0 Å². The highest BCUT2D eigenvalue weighted by molar-refractivity contribution is 5.89. The van der Waals surface area contributed by atoms with Gasteiger partial charge in [-0.05, 0) is 61.6 Å². The second-order valence-electron chi connectivity index (χ2n) is 7.43. The fourth-order valence-electron chi connectivity index (χ4n) is 4.45. The molecule has 3 rings (SSSR count). The zero-order valence-electron chi connectivity index (χ0n) is 15.3. The first kappa shape index (κ1) is 20.7. The van der Waals surface area contributed by atoms with Gasteiger partial charge >= 0.3 is 5.97 Å². The van der Waals surface area contributed by atoms with E-state index < -0.39 is 0 Å². The van der Waals surface area contributed by atoms with E-state index in [-0.39, 0.29) is 30.2 Å². The predicted octanol–water partition coefficient (Wildman–Crippen LogP) is 2.71. The van der Waals surface area contributed by atoms with Gasteiger partial charge in [0.1, 0.15) is 0 Å². The molecular weight excluding hydrogens is 352 g/mol. The van der Waals surface area contributed by atoms with E-state index in [0.29, 0.717) is 36.4 Å². The first-order valence-corrected chi connectivity index (χ1v) is 9.29. The van der Waals surface area contributed by atoms with Crippen LogP contribution in [0.4, 0.5) is 0 Å². The quantitative estimate of drug-likeness (QED) is 0.769. The number of hydrogen-bond acceptors (Lipinski definition) is 4. The Morgan fingerprint density at radius 1 is 1.23 bits per heavy atom. The molecule has 2 atom stereocenters. The number of hydrogen-bond donors (Lipinski definition) is 2. The summed E-state index contributed by atoms with van der Waals surface area (Å²) in [6.45, 7) is 0.585. The van der Waals surface area contributed by atoms with Gasteiger partial charge in [0.25, 0.3) is 0 Å². The van der Waals surface area contributed by atoms with E-state index in [2.05, 4.69) is 5.32 Å². The zero-order valence-corrected chi connectivity index (χ0v) is 16.1. The average molecular weight is 381 g/mol. The number of nitrogens with two attached hydrogens (primary N) is 1. The topological polar surface area (TPSA) is 81.4 Å². The molecule has 5 nitrogen and oxygen atoms in total. The van der Waals surface area contributed by atoms with Crippen molar-refractivity contribution in [3.05, 3.63) is 35.4 Å². The van der Waals surface area contributed by atoms with Gasteiger partial charge in [0.2, 0.25) is 5.91 Å². The highest BCUT2D eigenvalue weighted by atomic mass is 35.5. The monoisotopic (exact) mass is 380 g/mol. The normalized spacial score (nSPS) is 27.2. The van der Waals surface area contributed by atoms with E-state index >= 15 is 0 Å². The summed E-state index contributed by atoms with van der Waals surface area (Å²) in [4.78, 5) is 24.1. The first-order chi connectivity index (χ1) is 12.1. The highest BCUT2D eigenvalue weighted by Gasteiger charge is 2.40. The van der Waals surface area contributed by atoms with Gasteiger partial charge < -0.3 is 15.8 Å². The van der Waals surface area contributed by atoms with E-state index in [0.717, 1.165) is 18.4 Å². The van der Waals surface area contributed by atoms with Gasteiger partial charge in [-0.25, -0.2) is 4.79 Å². The molecule has 2 aliphatic rings. The number of nitrogens with one attached hydrogen (secondary N) is 1. The lowest BCUT2D eigenvalue weighted by Gasteiger charge is -2.43. The molecule has 0 radical (unpaired) electrons. The van der Waals surface area contributed by atoms with Crippen LogP contribution >= 0.6 is 12.4 Å². The minimum atomic E-state index is -0.337. The summed E-state index contributed by atoms with van der Waals surface area (Å²) in [6.07, 6.45) is 6.16. The molecule has 0 heterocycles. The predicted molar refractivity (Wildman–Crippen MR) is 103 cm³/mol. The number of halogens is 1. The smallest absolute Gasteiger partial charge is 0.337 e.